The molecule has 2 heterocycles. The van der Waals surface area contributed by atoms with E-state index in [1.54, 1.807) is 30.3 Å². The van der Waals surface area contributed by atoms with Crippen LogP contribution in [0.25, 0.3) is 0 Å². The Morgan fingerprint density at radius 2 is 1.64 bits per heavy atom. The molecule has 0 saturated heterocycles. The lowest BCUT2D eigenvalue weighted by molar-refractivity contribution is -0.146. The van der Waals surface area contributed by atoms with E-state index < -0.39 is 30.4 Å². The molecule has 1 aliphatic heterocycles. The zero-order valence-electron chi connectivity index (χ0n) is 16.3. The Balaban J connectivity index is 1.68. The molecule has 0 spiro atoms. The van der Waals surface area contributed by atoms with E-state index in [0.717, 1.165) is 22.8 Å². The first-order valence-corrected chi connectivity index (χ1v) is 9.11. The number of carbonyl (C=O) groups excluding carboxylic acids is 4. The van der Waals surface area contributed by atoms with Gasteiger partial charge in [-0.05, 0) is 45.9 Å². The molecule has 0 fully saturated rings. The van der Waals surface area contributed by atoms with E-state index in [9.17, 15) is 19.2 Å². The predicted octanol–water partition coefficient (Wildman–Crippen LogP) is 2.54. The normalized spacial score (nSPS) is 14.2. The summed E-state index contributed by atoms with van der Waals surface area (Å²) in [4.78, 5) is 50.7. The molecular weight excluding hydrogens is 360 g/mol. The van der Waals surface area contributed by atoms with Gasteiger partial charge in [-0.3, -0.25) is 19.3 Å². The first kappa shape index (κ1) is 19.5. The highest BCUT2D eigenvalue weighted by Crippen LogP contribution is 2.25. The second-order valence-electron chi connectivity index (χ2n) is 6.76. The molecule has 7 nitrogen and oxygen atoms in total. The summed E-state index contributed by atoms with van der Waals surface area (Å²) in [5.41, 5.74) is 2.79. The van der Waals surface area contributed by atoms with Crippen LogP contribution in [0.4, 0.5) is 0 Å². The van der Waals surface area contributed by atoms with Crippen molar-refractivity contribution in [2.24, 2.45) is 0 Å². The number of fused-ring (bicyclic) bond motifs is 1. The minimum atomic E-state index is -1.12. The fourth-order valence-corrected chi connectivity index (χ4v) is 3.57. The van der Waals surface area contributed by atoms with Gasteiger partial charge in [0, 0.05) is 23.5 Å². The summed E-state index contributed by atoms with van der Waals surface area (Å²) < 4.78 is 7.12. The Morgan fingerprint density at radius 1 is 1.07 bits per heavy atom. The number of aromatic nitrogens is 1. The Bertz CT molecular complexity index is 954. The Labute approximate surface area is 162 Å². The highest BCUT2D eigenvalue weighted by molar-refractivity contribution is 6.22. The maximum absolute atomic E-state index is 12.5. The second kappa shape index (κ2) is 7.42. The molecule has 0 N–H and O–H groups in total. The van der Waals surface area contributed by atoms with Crippen molar-refractivity contribution in [3.63, 3.8) is 0 Å². The smallest absolute Gasteiger partial charge is 0.329 e. The zero-order valence-corrected chi connectivity index (χ0v) is 16.3. The van der Waals surface area contributed by atoms with Crippen molar-refractivity contribution in [1.82, 2.24) is 9.47 Å². The molecule has 0 aliphatic carbocycles. The summed E-state index contributed by atoms with van der Waals surface area (Å²) in [6.07, 6.45) is 0. The van der Waals surface area contributed by atoms with E-state index in [-0.39, 0.29) is 16.9 Å². The maximum atomic E-state index is 12.5. The van der Waals surface area contributed by atoms with Gasteiger partial charge in [-0.1, -0.05) is 12.1 Å². The summed E-state index contributed by atoms with van der Waals surface area (Å²) in [7, 11) is 0. The van der Waals surface area contributed by atoms with Crippen molar-refractivity contribution in [3.8, 4) is 0 Å². The number of carbonyl (C=O) groups is 4. The fraction of sp³-hybridized carbons (Fsp3) is 0.333. The lowest BCUT2D eigenvalue weighted by atomic mass is 10.1. The van der Waals surface area contributed by atoms with Gasteiger partial charge in [0.2, 0.25) is 5.78 Å². The third-order valence-corrected chi connectivity index (χ3v) is 5.09. The van der Waals surface area contributed by atoms with E-state index in [2.05, 4.69) is 0 Å². The summed E-state index contributed by atoms with van der Waals surface area (Å²) >= 11 is 0. The second-order valence-corrected chi connectivity index (χ2v) is 6.76. The zero-order chi connectivity index (χ0) is 20.6. The number of ether oxygens (including phenoxy) is 1. The molecule has 2 amide bonds. The number of esters is 1. The van der Waals surface area contributed by atoms with Crippen molar-refractivity contribution < 1.29 is 23.9 Å². The van der Waals surface area contributed by atoms with Crippen LogP contribution in [-0.2, 0) is 16.1 Å². The topological polar surface area (TPSA) is 85.7 Å². The molecule has 0 bridgehead atoms. The van der Waals surface area contributed by atoms with Gasteiger partial charge in [0.1, 0.15) is 6.04 Å². The lowest BCUT2D eigenvalue weighted by Gasteiger charge is -2.20. The number of aryl methyl sites for hydroxylation is 1. The molecule has 2 aromatic rings. The van der Waals surface area contributed by atoms with Crippen molar-refractivity contribution in [1.29, 1.82) is 0 Å². The Hall–Kier alpha value is -3.22. The van der Waals surface area contributed by atoms with E-state index >= 15 is 0 Å². The molecule has 1 aliphatic rings. The number of Topliss-reactive ketones (excluding diaryl/α,β-unsaturated/α-hetero) is 1. The van der Waals surface area contributed by atoms with Crippen LogP contribution in [0, 0.1) is 13.8 Å². The molecule has 0 saturated carbocycles. The predicted molar refractivity (Wildman–Crippen MR) is 101 cm³/mol. The van der Waals surface area contributed by atoms with Crippen molar-refractivity contribution in [3.05, 3.63) is 58.4 Å². The third-order valence-electron chi connectivity index (χ3n) is 5.09. The van der Waals surface area contributed by atoms with Gasteiger partial charge in [0.05, 0.1) is 11.1 Å². The monoisotopic (exact) mass is 382 g/mol. The number of nitrogens with zero attached hydrogens (tertiary/aromatic N) is 2. The quantitative estimate of drug-likeness (QED) is 0.435. The van der Waals surface area contributed by atoms with Crippen molar-refractivity contribution >= 4 is 23.6 Å². The van der Waals surface area contributed by atoms with Crippen LogP contribution in [0.5, 0.6) is 0 Å². The number of hydrogen-bond acceptors (Lipinski definition) is 5. The van der Waals surface area contributed by atoms with Crippen molar-refractivity contribution in [2.75, 3.05) is 6.61 Å². The molecule has 1 aromatic heterocycles. The van der Waals surface area contributed by atoms with Gasteiger partial charge >= 0.3 is 5.97 Å². The number of amides is 2. The number of rotatable bonds is 6. The molecular formula is C21H22N2O5. The third kappa shape index (κ3) is 3.13. The minimum Gasteiger partial charge on any atom is -0.456 e. The van der Waals surface area contributed by atoms with Crippen LogP contribution < -0.4 is 0 Å². The number of hydrogen-bond donors (Lipinski definition) is 0. The lowest BCUT2D eigenvalue weighted by Crippen LogP contribution is -2.44. The average molecular weight is 382 g/mol. The van der Waals surface area contributed by atoms with Crippen LogP contribution >= 0.6 is 0 Å². The Kier molecular flexibility index (Phi) is 5.18. The summed E-state index contributed by atoms with van der Waals surface area (Å²) in [6.45, 7) is 7.44. The van der Waals surface area contributed by atoms with Crippen LogP contribution in [0.1, 0.15) is 56.3 Å². The summed E-state index contributed by atoms with van der Waals surface area (Å²) in [5.74, 6) is -2.20. The SMILES string of the molecule is CCn1c(C)cc(C(=O)COC(=O)[C@H](C)N2C(=O)c3ccccc3C2=O)c1C. The van der Waals surface area contributed by atoms with E-state index in [1.807, 2.05) is 25.3 Å². The molecule has 0 unspecified atom stereocenters. The van der Waals surface area contributed by atoms with Crippen LogP contribution in [-0.4, -0.2) is 45.7 Å². The van der Waals surface area contributed by atoms with Crippen molar-refractivity contribution in [2.45, 2.75) is 40.3 Å². The summed E-state index contributed by atoms with van der Waals surface area (Å²) in [6, 6.07) is 7.04. The van der Waals surface area contributed by atoms with Gasteiger partial charge in [0.15, 0.2) is 6.61 Å². The first-order valence-electron chi connectivity index (χ1n) is 9.11. The highest BCUT2D eigenvalue weighted by Gasteiger charge is 2.41. The maximum Gasteiger partial charge on any atom is 0.329 e. The largest absolute Gasteiger partial charge is 0.456 e. The van der Waals surface area contributed by atoms with Crippen LogP contribution in [0.15, 0.2) is 30.3 Å². The van der Waals surface area contributed by atoms with Crippen LogP contribution in [0.2, 0.25) is 0 Å². The molecule has 28 heavy (non-hydrogen) atoms. The average Bonchev–Trinajstić information content (AvgIpc) is 3.12. The van der Waals surface area contributed by atoms with Gasteiger partial charge in [-0.25, -0.2) is 4.79 Å². The van der Waals surface area contributed by atoms with E-state index in [4.69, 9.17) is 4.74 Å². The van der Waals surface area contributed by atoms with Crippen LogP contribution in [0.3, 0.4) is 0 Å². The van der Waals surface area contributed by atoms with Gasteiger partial charge in [-0.2, -0.15) is 0 Å². The molecule has 7 heteroatoms. The Morgan fingerprint density at radius 3 is 2.14 bits per heavy atom. The van der Waals surface area contributed by atoms with E-state index in [1.165, 1.54) is 6.92 Å². The number of benzene rings is 1. The number of ketones is 1. The van der Waals surface area contributed by atoms with Gasteiger partial charge in [-0.15, -0.1) is 0 Å². The summed E-state index contributed by atoms with van der Waals surface area (Å²) in [5, 5.41) is 0. The molecule has 3 rings (SSSR count). The molecule has 146 valence electrons. The van der Waals surface area contributed by atoms with Gasteiger partial charge < -0.3 is 9.30 Å². The number of imide groups is 1. The van der Waals surface area contributed by atoms with Gasteiger partial charge in [0.25, 0.3) is 11.8 Å². The standard InChI is InChI=1S/C21H22N2O5/c1-5-22-12(2)10-17(13(22)3)18(24)11-28-21(27)14(4)23-19(25)15-8-6-7-9-16(15)20(23)26/h6-10,14H,5,11H2,1-4H3/t14-/m0/s1. The molecule has 0 radical (unpaired) electrons. The minimum absolute atomic E-state index is 0.259. The first-order chi connectivity index (χ1) is 13.3. The van der Waals surface area contributed by atoms with E-state index in [0.29, 0.717) is 5.56 Å². The fourth-order valence-electron chi connectivity index (χ4n) is 3.57. The molecule has 1 aromatic carbocycles. The highest BCUT2D eigenvalue weighted by atomic mass is 16.5. The molecule has 1 atom stereocenters.